The smallest absolute Gasteiger partial charge is 0.270 e. The van der Waals surface area contributed by atoms with E-state index in [0.717, 1.165) is 33.7 Å². The zero-order valence-electron chi connectivity index (χ0n) is 16.4. The fourth-order valence-electron chi connectivity index (χ4n) is 3.67. The van der Waals surface area contributed by atoms with Crippen molar-refractivity contribution >= 4 is 16.8 Å². The van der Waals surface area contributed by atoms with E-state index < -0.39 is 0 Å². The highest BCUT2D eigenvalue weighted by Gasteiger charge is 2.20. The van der Waals surface area contributed by atoms with E-state index >= 15 is 0 Å². The lowest BCUT2D eigenvalue weighted by Crippen LogP contribution is -2.40. The maximum absolute atomic E-state index is 12.7. The minimum Gasteiger partial charge on any atom is -0.378 e. The lowest BCUT2D eigenvalue weighted by molar-refractivity contribution is 0.0299. The number of ether oxygens (including phenoxy) is 1. The number of nitrogens with zero attached hydrogens (tertiary/aromatic N) is 4. The summed E-state index contributed by atoms with van der Waals surface area (Å²) in [6, 6.07) is 15.7. The van der Waals surface area contributed by atoms with E-state index in [1.807, 2.05) is 47.4 Å². The van der Waals surface area contributed by atoms with Crippen LogP contribution < -0.4 is 0 Å². The number of nitrogens with one attached hydrogen (secondary N) is 1. The van der Waals surface area contributed by atoms with Gasteiger partial charge in [0.25, 0.3) is 5.91 Å². The summed E-state index contributed by atoms with van der Waals surface area (Å²) in [5, 5.41) is 1.00. The van der Waals surface area contributed by atoms with Crippen molar-refractivity contribution < 1.29 is 9.53 Å². The Bertz CT molecular complexity index is 1180. The fourth-order valence-corrected chi connectivity index (χ4v) is 3.67. The molecule has 0 saturated carbocycles. The van der Waals surface area contributed by atoms with Gasteiger partial charge in [-0.15, -0.1) is 0 Å². The second kappa shape index (κ2) is 8.04. The first-order valence-electron chi connectivity index (χ1n) is 9.98. The predicted octanol–water partition coefficient (Wildman–Crippen LogP) is 3.08. The first-order chi connectivity index (χ1) is 14.8. The van der Waals surface area contributed by atoms with Crippen molar-refractivity contribution in [3.8, 4) is 11.4 Å². The Hall–Kier alpha value is -3.58. The highest BCUT2D eigenvalue weighted by atomic mass is 16.5. The lowest BCUT2D eigenvalue weighted by atomic mass is 10.1. The van der Waals surface area contributed by atoms with Crippen LogP contribution in [0.5, 0.6) is 0 Å². The third-order valence-corrected chi connectivity index (χ3v) is 5.21. The van der Waals surface area contributed by atoms with Crippen LogP contribution in [0.1, 0.15) is 21.9 Å². The van der Waals surface area contributed by atoms with E-state index in [1.165, 1.54) is 0 Å². The van der Waals surface area contributed by atoms with Gasteiger partial charge in [-0.05, 0) is 42.0 Å². The number of carbonyl (C=O) groups excluding carboxylic acids is 1. The van der Waals surface area contributed by atoms with Gasteiger partial charge in [0.15, 0.2) is 0 Å². The molecule has 1 aliphatic heterocycles. The summed E-state index contributed by atoms with van der Waals surface area (Å²) < 4.78 is 5.33. The average Bonchev–Trinajstić information content (AvgIpc) is 3.23. The molecule has 0 radical (unpaired) electrons. The van der Waals surface area contributed by atoms with Crippen LogP contribution in [0, 0.1) is 0 Å². The Labute approximate surface area is 173 Å². The predicted molar refractivity (Wildman–Crippen MR) is 113 cm³/mol. The highest BCUT2D eigenvalue weighted by molar-refractivity contribution is 5.98. The number of hydrogen-bond donors (Lipinski definition) is 1. The van der Waals surface area contributed by atoms with Crippen LogP contribution in [0.15, 0.2) is 60.9 Å². The molecule has 30 heavy (non-hydrogen) atoms. The van der Waals surface area contributed by atoms with Crippen LogP contribution in [0.2, 0.25) is 0 Å². The molecule has 5 rings (SSSR count). The Balaban J connectivity index is 1.37. The molecule has 7 nitrogen and oxygen atoms in total. The van der Waals surface area contributed by atoms with E-state index in [1.54, 1.807) is 12.4 Å². The zero-order valence-corrected chi connectivity index (χ0v) is 16.4. The second-order valence-electron chi connectivity index (χ2n) is 7.26. The molecule has 0 aliphatic carbocycles. The first kappa shape index (κ1) is 18.4. The summed E-state index contributed by atoms with van der Waals surface area (Å²) in [4.78, 5) is 31.2. The standard InChI is InChI=1S/C23H21N5O2/c29-23(28-9-11-30-12-10-28)21-15-17-13-16(4-5-18(17)26-21)14-22-25-8-6-20(27-22)19-3-1-2-7-24-19/h1-8,13,15,26H,9-12,14H2. The molecular weight excluding hydrogens is 378 g/mol. The molecule has 4 aromatic rings. The van der Waals surface area contributed by atoms with Crippen LogP contribution in [-0.2, 0) is 11.2 Å². The van der Waals surface area contributed by atoms with Crippen LogP contribution in [0.3, 0.4) is 0 Å². The van der Waals surface area contributed by atoms with Crippen molar-refractivity contribution in [1.82, 2.24) is 24.8 Å². The molecule has 0 atom stereocenters. The first-order valence-corrected chi connectivity index (χ1v) is 9.98. The summed E-state index contributed by atoms with van der Waals surface area (Å²) in [7, 11) is 0. The third-order valence-electron chi connectivity index (χ3n) is 5.21. The molecule has 1 saturated heterocycles. The molecule has 7 heteroatoms. The fraction of sp³-hybridized carbons (Fsp3) is 0.217. The third kappa shape index (κ3) is 3.79. The van der Waals surface area contributed by atoms with Crippen LogP contribution in [-0.4, -0.2) is 57.0 Å². The maximum Gasteiger partial charge on any atom is 0.270 e. The minimum absolute atomic E-state index is 0.0162. The second-order valence-corrected chi connectivity index (χ2v) is 7.26. The van der Waals surface area contributed by atoms with Crippen molar-refractivity contribution in [2.24, 2.45) is 0 Å². The summed E-state index contributed by atoms with van der Waals surface area (Å²) in [5.41, 5.74) is 4.27. The molecule has 1 amide bonds. The molecule has 0 unspecified atom stereocenters. The van der Waals surface area contributed by atoms with Crippen molar-refractivity contribution in [3.63, 3.8) is 0 Å². The number of rotatable bonds is 4. The van der Waals surface area contributed by atoms with Gasteiger partial charge >= 0.3 is 0 Å². The highest BCUT2D eigenvalue weighted by Crippen LogP contribution is 2.21. The number of morpholine rings is 1. The minimum atomic E-state index is 0.0162. The molecular formula is C23H21N5O2. The van der Waals surface area contributed by atoms with Crippen molar-refractivity contribution in [1.29, 1.82) is 0 Å². The number of aromatic amines is 1. The van der Waals surface area contributed by atoms with E-state index in [2.05, 4.69) is 26.0 Å². The van der Waals surface area contributed by atoms with Gasteiger partial charge < -0.3 is 14.6 Å². The van der Waals surface area contributed by atoms with Gasteiger partial charge in [-0.1, -0.05) is 12.1 Å². The molecule has 150 valence electrons. The molecule has 1 fully saturated rings. The molecule has 0 bridgehead atoms. The largest absolute Gasteiger partial charge is 0.378 e. The normalized spacial score (nSPS) is 14.2. The monoisotopic (exact) mass is 399 g/mol. The van der Waals surface area contributed by atoms with Gasteiger partial charge in [-0.3, -0.25) is 9.78 Å². The number of aromatic nitrogens is 4. The number of fused-ring (bicyclic) bond motifs is 1. The number of amides is 1. The molecule has 3 aromatic heterocycles. The van der Waals surface area contributed by atoms with E-state index in [-0.39, 0.29) is 5.91 Å². The van der Waals surface area contributed by atoms with E-state index in [4.69, 9.17) is 4.74 Å². The number of carbonyl (C=O) groups is 1. The summed E-state index contributed by atoms with van der Waals surface area (Å²) in [6.07, 6.45) is 4.13. The molecule has 1 aliphatic rings. The zero-order chi connectivity index (χ0) is 20.3. The SMILES string of the molecule is O=C(c1cc2cc(Cc3nccc(-c4ccccn4)n3)ccc2[nH]1)N1CCOCC1. The molecule has 1 N–H and O–H groups in total. The summed E-state index contributed by atoms with van der Waals surface area (Å²) in [6.45, 7) is 2.44. The molecule has 0 spiro atoms. The van der Waals surface area contributed by atoms with Crippen molar-refractivity contribution in [2.45, 2.75) is 6.42 Å². The van der Waals surface area contributed by atoms with Gasteiger partial charge in [-0.25, -0.2) is 9.97 Å². The van der Waals surface area contributed by atoms with Gasteiger partial charge in [0.05, 0.1) is 24.6 Å². The maximum atomic E-state index is 12.7. The lowest BCUT2D eigenvalue weighted by Gasteiger charge is -2.26. The average molecular weight is 399 g/mol. The van der Waals surface area contributed by atoms with Crippen LogP contribution >= 0.6 is 0 Å². The van der Waals surface area contributed by atoms with E-state index in [9.17, 15) is 4.79 Å². The quantitative estimate of drug-likeness (QED) is 0.570. The van der Waals surface area contributed by atoms with Crippen molar-refractivity contribution in [3.05, 3.63) is 78.0 Å². The number of benzene rings is 1. The van der Waals surface area contributed by atoms with Gasteiger partial charge in [0, 0.05) is 42.8 Å². The summed E-state index contributed by atoms with van der Waals surface area (Å²) >= 11 is 0. The van der Waals surface area contributed by atoms with Crippen LogP contribution in [0.25, 0.3) is 22.3 Å². The summed E-state index contributed by atoms with van der Waals surface area (Å²) in [5.74, 6) is 0.750. The number of hydrogen-bond acceptors (Lipinski definition) is 5. The Kier molecular flexibility index (Phi) is 4.94. The number of pyridine rings is 1. The number of H-pyrrole nitrogens is 1. The Morgan fingerprint density at radius 3 is 2.73 bits per heavy atom. The van der Waals surface area contributed by atoms with Gasteiger partial charge in [-0.2, -0.15) is 0 Å². The van der Waals surface area contributed by atoms with Crippen LogP contribution in [0.4, 0.5) is 0 Å². The topological polar surface area (TPSA) is 84.0 Å². The Morgan fingerprint density at radius 2 is 1.90 bits per heavy atom. The van der Waals surface area contributed by atoms with Crippen molar-refractivity contribution in [2.75, 3.05) is 26.3 Å². The van der Waals surface area contributed by atoms with E-state index in [0.29, 0.717) is 38.4 Å². The molecule has 4 heterocycles. The molecule has 1 aromatic carbocycles. The van der Waals surface area contributed by atoms with Gasteiger partial charge in [0.1, 0.15) is 11.5 Å². The Morgan fingerprint density at radius 1 is 1.00 bits per heavy atom. The van der Waals surface area contributed by atoms with Gasteiger partial charge in [0.2, 0.25) is 0 Å².